The lowest BCUT2D eigenvalue weighted by Gasteiger charge is -2.33. The lowest BCUT2D eigenvalue weighted by Crippen LogP contribution is -2.29. The van der Waals surface area contributed by atoms with Crippen molar-refractivity contribution in [3.05, 3.63) is 23.8 Å². The fraction of sp³-hybridized carbons (Fsp3) is 0.571. The van der Waals surface area contributed by atoms with Crippen LogP contribution in [-0.4, -0.2) is 32.7 Å². The Labute approximate surface area is 103 Å². The molecule has 3 nitrogen and oxygen atoms in total. The predicted molar refractivity (Wildman–Crippen MR) is 68.8 cm³/mol. The number of piperidine rings is 1. The normalized spacial score (nSPS) is 21.2. The number of nitrogens with zero attached hydrogens (tertiary/aromatic N) is 1. The Balaban J connectivity index is 2.33. The van der Waals surface area contributed by atoms with Crippen LogP contribution >= 0.6 is 0 Å². The van der Waals surface area contributed by atoms with E-state index in [-0.39, 0.29) is 0 Å². The van der Waals surface area contributed by atoms with E-state index in [4.69, 9.17) is 9.47 Å². The van der Waals surface area contributed by atoms with Crippen LogP contribution in [0.25, 0.3) is 0 Å². The summed E-state index contributed by atoms with van der Waals surface area (Å²) in [7, 11) is 5.62. The van der Waals surface area contributed by atoms with Crippen LogP contribution in [0, 0.1) is 0 Å². The minimum Gasteiger partial charge on any atom is -0.497 e. The van der Waals surface area contributed by atoms with Gasteiger partial charge in [-0.05, 0) is 44.6 Å². The molecule has 0 radical (unpaired) electrons. The first-order valence-electron chi connectivity index (χ1n) is 6.18. The Hall–Kier alpha value is -1.22. The first-order chi connectivity index (χ1) is 8.26. The largest absolute Gasteiger partial charge is 0.497 e. The molecule has 1 heterocycles. The molecular formula is C14H21NO2. The van der Waals surface area contributed by atoms with Gasteiger partial charge in [0, 0.05) is 11.6 Å². The van der Waals surface area contributed by atoms with Gasteiger partial charge in [0.25, 0.3) is 0 Å². The number of hydrogen-bond donors (Lipinski definition) is 0. The van der Waals surface area contributed by atoms with E-state index in [1.165, 1.54) is 24.8 Å². The van der Waals surface area contributed by atoms with Gasteiger partial charge in [-0.1, -0.05) is 6.42 Å². The van der Waals surface area contributed by atoms with E-state index in [9.17, 15) is 0 Å². The number of ether oxygens (including phenoxy) is 2. The summed E-state index contributed by atoms with van der Waals surface area (Å²) in [6.45, 7) is 1.16. The van der Waals surface area contributed by atoms with Gasteiger partial charge in [-0.3, -0.25) is 4.90 Å². The van der Waals surface area contributed by atoms with Gasteiger partial charge in [0.2, 0.25) is 0 Å². The maximum absolute atomic E-state index is 5.46. The van der Waals surface area contributed by atoms with Gasteiger partial charge >= 0.3 is 0 Å². The van der Waals surface area contributed by atoms with Crippen LogP contribution in [-0.2, 0) is 0 Å². The molecule has 1 saturated heterocycles. The van der Waals surface area contributed by atoms with Crippen molar-refractivity contribution in [3.8, 4) is 11.5 Å². The minimum atomic E-state index is 0.453. The monoisotopic (exact) mass is 235 g/mol. The second-order valence-corrected chi connectivity index (χ2v) is 4.60. The van der Waals surface area contributed by atoms with Gasteiger partial charge in [0.05, 0.1) is 14.2 Å². The highest BCUT2D eigenvalue weighted by Gasteiger charge is 2.23. The number of hydrogen-bond acceptors (Lipinski definition) is 3. The lowest BCUT2D eigenvalue weighted by molar-refractivity contribution is 0.183. The molecule has 3 heteroatoms. The molecule has 2 rings (SSSR count). The van der Waals surface area contributed by atoms with E-state index in [1.54, 1.807) is 14.2 Å². The van der Waals surface area contributed by atoms with Crippen molar-refractivity contribution in [1.29, 1.82) is 0 Å². The molecule has 1 aromatic carbocycles. The molecule has 1 fully saturated rings. The van der Waals surface area contributed by atoms with Crippen LogP contribution in [0.1, 0.15) is 30.9 Å². The van der Waals surface area contributed by atoms with Crippen LogP contribution in [0.3, 0.4) is 0 Å². The Kier molecular flexibility index (Phi) is 3.89. The number of benzene rings is 1. The maximum Gasteiger partial charge on any atom is 0.123 e. The van der Waals surface area contributed by atoms with Crippen LogP contribution in [0.15, 0.2) is 18.2 Å². The third-order valence-corrected chi connectivity index (χ3v) is 3.57. The van der Waals surface area contributed by atoms with E-state index in [0.717, 1.165) is 18.0 Å². The van der Waals surface area contributed by atoms with Gasteiger partial charge in [-0.25, -0.2) is 0 Å². The molecular weight excluding hydrogens is 214 g/mol. The summed E-state index contributed by atoms with van der Waals surface area (Å²) in [4.78, 5) is 2.40. The third-order valence-electron chi connectivity index (χ3n) is 3.57. The molecule has 0 aromatic heterocycles. The van der Waals surface area contributed by atoms with Crippen molar-refractivity contribution >= 4 is 0 Å². The van der Waals surface area contributed by atoms with Crippen molar-refractivity contribution in [2.75, 3.05) is 27.8 Å². The highest BCUT2D eigenvalue weighted by atomic mass is 16.5. The highest BCUT2D eigenvalue weighted by molar-refractivity contribution is 5.42. The minimum absolute atomic E-state index is 0.453. The SMILES string of the molecule is COc1ccc(OC)c(C2CCCCN2C)c1. The van der Waals surface area contributed by atoms with E-state index >= 15 is 0 Å². The molecule has 1 aliphatic heterocycles. The molecule has 0 spiro atoms. The number of likely N-dealkylation sites (tertiary alicyclic amines) is 1. The zero-order valence-electron chi connectivity index (χ0n) is 10.9. The van der Waals surface area contributed by atoms with E-state index in [1.807, 2.05) is 12.1 Å². The average Bonchev–Trinajstić information content (AvgIpc) is 2.38. The lowest BCUT2D eigenvalue weighted by atomic mass is 9.95. The second-order valence-electron chi connectivity index (χ2n) is 4.60. The van der Waals surface area contributed by atoms with Gasteiger partial charge < -0.3 is 9.47 Å². The first kappa shape index (κ1) is 12.2. The predicted octanol–water partition coefficient (Wildman–Crippen LogP) is 2.86. The zero-order valence-corrected chi connectivity index (χ0v) is 10.9. The Morgan fingerprint density at radius 1 is 1.18 bits per heavy atom. The van der Waals surface area contributed by atoms with Crippen molar-refractivity contribution in [1.82, 2.24) is 4.90 Å². The molecule has 94 valence electrons. The van der Waals surface area contributed by atoms with Crippen LogP contribution < -0.4 is 9.47 Å². The molecule has 1 atom stereocenters. The van der Waals surface area contributed by atoms with E-state index in [2.05, 4.69) is 18.0 Å². The average molecular weight is 235 g/mol. The topological polar surface area (TPSA) is 21.7 Å². The molecule has 17 heavy (non-hydrogen) atoms. The molecule has 0 N–H and O–H groups in total. The smallest absolute Gasteiger partial charge is 0.123 e. The third kappa shape index (κ3) is 2.55. The summed E-state index contributed by atoms with van der Waals surface area (Å²) < 4.78 is 10.8. The second kappa shape index (κ2) is 5.41. The molecule has 0 bridgehead atoms. The van der Waals surface area contributed by atoms with Crippen LogP contribution in [0.5, 0.6) is 11.5 Å². The van der Waals surface area contributed by atoms with Gasteiger partial charge in [0.15, 0.2) is 0 Å². The Morgan fingerprint density at radius 3 is 2.65 bits per heavy atom. The summed E-state index contributed by atoms with van der Waals surface area (Å²) in [6.07, 6.45) is 3.77. The number of methoxy groups -OCH3 is 2. The fourth-order valence-electron chi connectivity index (χ4n) is 2.57. The van der Waals surface area contributed by atoms with Gasteiger partial charge in [-0.2, -0.15) is 0 Å². The van der Waals surface area contributed by atoms with E-state index < -0.39 is 0 Å². The van der Waals surface area contributed by atoms with Crippen molar-refractivity contribution in [2.45, 2.75) is 25.3 Å². The zero-order chi connectivity index (χ0) is 12.3. The number of rotatable bonds is 3. The maximum atomic E-state index is 5.46. The summed E-state index contributed by atoms with van der Waals surface area (Å²) >= 11 is 0. The van der Waals surface area contributed by atoms with Crippen molar-refractivity contribution in [3.63, 3.8) is 0 Å². The molecule has 0 aliphatic carbocycles. The van der Waals surface area contributed by atoms with Crippen molar-refractivity contribution < 1.29 is 9.47 Å². The Morgan fingerprint density at radius 2 is 2.00 bits per heavy atom. The standard InChI is InChI=1S/C14H21NO2/c1-15-9-5-4-6-13(15)12-10-11(16-2)7-8-14(12)17-3/h7-8,10,13H,4-6,9H2,1-3H3. The highest BCUT2D eigenvalue weighted by Crippen LogP contribution is 2.37. The molecule has 1 unspecified atom stereocenters. The summed E-state index contributed by atoms with van der Waals surface area (Å²) in [5, 5.41) is 0. The van der Waals surface area contributed by atoms with Crippen LogP contribution in [0.2, 0.25) is 0 Å². The molecule has 1 aromatic rings. The van der Waals surface area contributed by atoms with E-state index in [0.29, 0.717) is 6.04 Å². The summed E-state index contributed by atoms with van der Waals surface area (Å²) in [6, 6.07) is 6.50. The van der Waals surface area contributed by atoms with Gasteiger partial charge in [0.1, 0.15) is 11.5 Å². The summed E-state index contributed by atoms with van der Waals surface area (Å²) in [5.41, 5.74) is 1.24. The van der Waals surface area contributed by atoms with Crippen LogP contribution in [0.4, 0.5) is 0 Å². The first-order valence-corrected chi connectivity index (χ1v) is 6.18. The molecule has 0 saturated carbocycles. The molecule has 1 aliphatic rings. The summed E-state index contributed by atoms with van der Waals surface area (Å²) in [5.74, 6) is 1.87. The Bertz CT molecular complexity index is 378. The molecule has 0 amide bonds. The quantitative estimate of drug-likeness (QED) is 0.804. The van der Waals surface area contributed by atoms with Gasteiger partial charge in [-0.15, -0.1) is 0 Å². The van der Waals surface area contributed by atoms with Crippen molar-refractivity contribution in [2.24, 2.45) is 0 Å². The fourth-order valence-corrected chi connectivity index (χ4v) is 2.57.